The van der Waals surface area contributed by atoms with Gasteiger partial charge in [-0.1, -0.05) is 11.8 Å². The van der Waals surface area contributed by atoms with Crippen molar-refractivity contribution in [2.24, 2.45) is 0 Å². The lowest BCUT2D eigenvalue weighted by Gasteiger charge is -2.14. The van der Waals surface area contributed by atoms with Crippen LogP contribution >= 0.6 is 11.8 Å². The van der Waals surface area contributed by atoms with Crippen LogP contribution in [0.3, 0.4) is 0 Å². The highest BCUT2D eigenvalue weighted by molar-refractivity contribution is 8.00. The molecule has 0 saturated heterocycles. The molecule has 9 nitrogen and oxygen atoms in total. The van der Waals surface area contributed by atoms with Crippen molar-refractivity contribution in [1.82, 2.24) is 19.7 Å². The SMILES string of the molecule is COc1ccc(-n2c(S[C@H](C)C(=O)Nc3ccc4c(c3)OCO4)nnc2-c2ccncc2)cc1. The zero-order valence-electron chi connectivity index (χ0n) is 18.5. The first kappa shape index (κ1) is 21.8. The van der Waals surface area contributed by atoms with Gasteiger partial charge in [-0.05, 0) is 55.5 Å². The van der Waals surface area contributed by atoms with E-state index < -0.39 is 5.25 Å². The summed E-state index contributed by atoms with van der Waals surface area (Å²) in [5, 5.41) is 11.9. The predicted molar refractivity (Wildman–Crippen MR) is 128 cm³/mol. The number of hydrogen-bond donors (Lipinski definition) is 1. The van der Waals surface area contributed by atoms with Gasteiger partial charge >= 0.3 is 0 Å². The van der Waals surface area contributed by atoms with Gasteiger partial charge in [-0.3, -0.25) is 14.3 Å². The first-order chi connectivity index (χ1) is 16.6. The van der Waals surface area contributed by atoms with Crippen LogP contribution in [0.15, 0.2) is 72.1 Å². The number of hydrogen-bond acceptors (Lipinski definition) is 8. The van der Waals surface area contributed by atoms with Crippen LogP contribution in [0.1, 0.15) is 6.92 Å². The molecule has 2 aromatic heterocycles. The average molecular weight is 476 g/mol. The molecule has 0 aliphatic carbocycles. The molecular formula is C24H21N5O4S. The topological polar surface area (TPSA) is 100 Å². The monoisotopic (exact) mass is 475 g/mol. The standard InChI is InChI=1S/C24H21N5O4S/c1-15(23(30)26-17-3-8-20-21(13-17)33-14-32-20)34-24-28-27-22(16-9-11-25-12-10-16)29(24)18-4-6-19(31-2)7-5-18/h3-13,15H,14H2,1-2H3,(H,26,30)/t15-/m1/s1. The van der Waals surface area contributed by atoms with Gasteiger partial charge in [0.05, 0.1) is 12.4 Å². The molecule has 1 atom stereocenters. The van der Waals surface area contributed by atoms with Gasteiger partial charge in [0.2, 0.25) is 12.7 Å². The molecule has 0 radical (unpaired) electrons. The molecule has 3 heterocycles. The van der Waals surface area contributed by atoms with Crippen LogP contribution in [-0.2, 0) is 4.79 Å². The van der Waals surface area contributed by atoms with Crippen LogP contribution < -0.4 is 19.5 Å². The van der Waals surface area contributed by atoms with Gasteiger partial charge in [-0.2, -0.15) is 0 Å². The van der Waals surface area contributed by atoms with Gasteiger partial charge in [0, 0.05) is 35.4 Å². The number of nitrogens with zero attached hydrogens (tertiary/aromatic N) is 4. The van der Waals surface area contributed by atoms with E-state index in [2.05, 4.69) is 20.5 Å². The molecule has 0 bridgehead atoms. The van der Waals surface area contributed by atoms with E-state index in [0.29, 0.717) is 28.2 Å². The summed E-state index contributed by atoms with van der Waals surface area (Å²) in [7, 11) is 1.62. The Hall–Kier alpha value is -4.05. The number of thioether (sulfide) groups is 1. The van der Waals surface area contributed by atoms with Crippen molar-refractivity contribution in [3.05, 3.63) is 67.0 Å². The van der Waals surface area contributed by atoms with Gasteiger partial charge in [0.1, 0.15) is 5.75 Å². The largest absolute Gasteiger partial charge is 0.497 e. The number of carbonyl (C=O) groups excluding carboxylic acids is 1. The van der Waals surface area contributed by atoms with Crippen molar-refractivity contribution in [2.45, 2.75) is 17.3 Å². The first-order valence-electron chi connectivity index (χ1n) is 10.5. The second-order valence-corrected chi connectivity index (χ2v) is 8.70. The molecular weight excluding hydrogens is 454 g/mol. The van der Waals surface area contributed by atoms with Crippen LogP contribution in [0.2, 0.25) is 0 Å². The molecule has 1 N–H and O–H groups in total. The van der Waals surface area contributed by atoms with Crippen LogP contribution in [0.4, 0.5) is 5.69 Å². The Morgan fingerprint density at radius 2 is 1.82 bits per heavy atom. The van der Waals surface area contributed by atoms with Crippen LogP contribution in [0, 0.1) is 0 Å². The quantitative estimate of drug-likeness (QED) is 0.397. The fourth-order valence-corrected chi connectivity index (χ4v) is 4.30. The molecule has 0 saturated carbocycles. The van der Waals surface area contributed by atoms with E-state index in [4.69, 9.17) is 14.2 Å². The third kappa shape index (κ3) is 4.40. The van der Waals surface area contributed by atoms with Crippen molar-refractivity contribution < 1.29 is 19.0 Å². The molecule has 34 heavy (non-hydrogen) atoms. The molecule has 0 unspecified atom stereocenters. The highest BCUT2D eigenvalue weighted by Crippen LogP contribution is 2.35. The predicted octanol–water partition coefficient (Wildman–Crippen LogP) is 4.19. The fraction of sp³-hybridized carbons (Fsp3) is 0.167. The number of nitrogens with one attached hydrogen (secondary N) is 1. The Morgan fingerprint density at radius 1 is 1.06 bits per heavy atom. The second kappa shape index (κ2) is 9.44. The summed E-state index contributed by atoms with van der Waals surface area (Å²) in [6.07, 6.45) is 3.41. The minimum absolute atomic E-state index is 0.168. The number of pyridine rings is 1. The minimum Gasteiger partial charge on any atom is -0.497 e. The molecule has 0 spiro atoms. The Labute approximate surface area is 200 Å². The van der Waals surface area contributed by atoms with Crippen molar-refractivity contribution in [2.75, 3.05) is 19.2 Å². The summed E-state index contributed by atoms with van der Waals surface area (Å²) in [5.74, 6) is 2.50. The highest BCUT2D eigenvalue weighted by Gasteiger charge is 2.23. The maximum atomic E-state index is 12.9. The summed E-state index contributed by atoms with van der Waals surface area (Å²) < 4.78 is 17.9. The van der Waals surface area contributed by atoms with Crippen molar-refractivity contribution in [3.63, 3.8) is 0 Å². The van der Waals surface area contributed by atoms with Crippen molar-refractivity contribution in [1.29, 1.82) is 0 Å². The lowest BCUT2D eigenvalue weighted by molar-refractivity contribution is -0.115. The number of rotatable bonds is 7. The van der Waals surface area contributed by atoms with Gasteiger partial charge in [-0.15, -0.1) is 10.2 Å². The fourth-order valence-electron chi connectivity index (χ4n) is 3.43. The second-order valence-electron chi connectivity index (χ2n) is 7.39. The summed E-state index contributed by atoms with van der Waals surface area (Å²) >= 11 is 1.32. The van der Waals surface area contributed by atoms with Gasteiger partial charge < -0.3 is 19.5 Å². The molecule has 172 valence electrons. The number of methoxy groups -OCH3 is 1. The number of fused-ring (bicyclic) bond motifs is 1. The number of benzene rings is 2. The first-order valence-corrected chi connectivity index (χ1v) is 11.4. The number of carbonyl (C=O) groups is 1. The molecule has 5 rings (SSSR count). The Kier molecular flexibility index (Phi) is 6.05. The summed E-state index contributed by atoms with van der Waals surface area (Å²) in [5.41, 5.74) is 2.35. The number of aromatic nitrogens is 4. The molecule has 1 amide bonds. The van der Waals surface area contributed by atoms with E-state index >= 15 is 0 Å². The minimum atomic E-state index is -0.447. The smallest absolute Gasteiger partial charge is 0.237 e. The lowest BCUT2D eigenvalue weighted by atomic mass is 10.2. The average Bonchev–Trinajstić information content (AvgIpc) is 3.51. The Morgan fingerprint density at radius 3 is 2.59 bits per heavy atom. The van der Waals surface area contributed by atoms with E-state index in [1.807, 2.05) is 47.9 Å². The van der Waals surface area contributed by atoms with Crippen molar-refractivity contribution in [3.8, 4) is 34.3 Å². The summed E-state index contributed by atoms with van der Waals surface area (Å²) in [6, 6.07) is 16.6. The maximum absolute atomic E-state index is 12.9. The van der Waals surface area contributed by atoms with Crippen LogP contribution in [-0.4, -0.2) is 44.8 Å². The zero-order valence-corrected chi connectivity index (χ0v) is 19.3. The summed E-state index contributed by atoms with van der Waals surface area (Å²) in [4.78, 5) is 17.0. The van der Waals surface area contributed by atoms with Gasteiger partial charge in [0.25, 0.3) is 0 Å². The van der Waals surface area contributed by atoms with E-state index in [0.717, 1.165) is 17.0 Å². The number of ether oxygens (including phenoxy) is 3. The van der Waals surface area contributed by atoms with Crippen LogP contribution in [0.5, 0.6) is 17.2 Å². The molecule has 2 aromatic carbocycles. The lowest BCUT2D eigenvalue weighted by Crippen LogP contribution is -2.22. The Bertz CT molecular complexity index is 1310. The van der Waals surface area contributed by atoms with Gasteiger partial charge in [0.15, 0.2) is 22.5 Å². The molecule has 1 aliphatic heterocycles. The number of anilines is 1. The Balaban J connectivity index is 1.41. The molecule has 0 fully saturated rings. The van der Waals surface area contributed by atoms with Crippen LogP contribution in [0.25, 0.3) is 17.1 Å². The van der Waals surface area contributed by atoms with E-state index in [9.17, 15) is 4.79 Å². The third-order valence-electron chi connectivity index (χ3n) is 5.19. The van der Waals surface area contributed by atoms with Crippen molar-refractivity contribution >= 4 is 23.4 Å². The van der Waals surface area contributed by atoms with E-state index in [1.165, 1.54) is 11.8 Å². The number of amides is 1. The molecule has 1 aliphatic rings. The normalized spacial score (nSPS) is 12.9. The third-order valence-corrected chi connectivity index (χ3v) is 6.24. The van der Waals surface area contributed by atoms with Gasteiger partial charge in [-0.25, -0.2) is 0 Å². The zero-order chi connectivity index (χ0) is 23.5. The van der Waals surface area contributed by atoms with E-state index in [1.54, 1.807) is 37.7 Å². The maximum Gasteiger partial charge on any atom is 0.237 e. The highest BCUT2D eigenvalue weighted by atomic mass is 32.2. The molecule has 4 aromatic rings. The molecule has 10 heteroatoms. The summed E-state index contributed by atoms with van der Waals surface area (Å²) in [6.45, 7) is 2.01. The van der Waals surface area contributed by atoms with E-state index in [-0.39, 0.29) is 12.7 Å².